The molecule has 1 saturated heterocycles. The van der Waals surface area contributed by atoms with Crippen molar-refractivity contribution in [3.63, 3.8) is 0 Å². The summed E-state index contributed by atoms with van der Waals surface area (Å²) in [5, 5.41) is 1.02. The first-order chi connectivity index (χ1) is 15.9. The van der Waals surface area contributed by atoms with Gasteiger partial charge in [0.25, 0.3) is 11.8 Å². The SMILES string of the molecule is CCN(CC1CCN(CC(F)(F)c2cccc(OC)c2)CC1)C(=O)c1cc2ccccc2[nH]1. The van der Waals surface area contributed by atoms with Gasteiger partial charge >= 0.3 is 0 Å². The molecule has 0 spiro atoms. The molecule has 33 heavy (non-hydrogen) atoms. The average molecular weight is 456 g/mol. The lowest BCUT2D eigenvalue weighted by Gasteiger charge is -2.36. The molecule has 176 valence electrons. The number of para-hydroxylation sites is 1. The lowest BCUT2D eigenvalue weighted by molar-refractivity contribution is -0.0452. The number of hydrogen-bond acceptors (Lipinski definition) is 3. The number of methoxy groups -OCH3 is 1. The van der Waals surface area contributed by atoms with Crippen LogP contribution in [0.5, 0.6) is 5.75 Å². The standard InChI is InChI=1S/C26H31F2N3O2/c1-3-31(25(32)24-15-20-7-4-5-10-23(20)29-24)17-19-11-13-30(14-12-19)18-26(27,28)21-8-6-9-22(16-21)33-2/h4-10,15-16,19,29H,3,11-14,17-18H2,1-2H3. The number of nitrogens with one attached hydrogen (secondary N) is 1. The Hall–Kier alpha value is -2.93. The van der Waals surface area contributed by atoms with Crippen molar-refractivity contribution in [3.05, 3.63) is 65.9 Å². The second kappa shape index (κ2) is 9.91. The van der Waals surface area contributed by atoms with E-state index in [9.17, 15) is 13.6 Å². The Balaban J connectivity index is 1.32. The number of fused-ring (bicyclic) bond motifs is 1. The quantitative estimate of drug-likeness (QED) is 0.512. The zero-order valence-corrected chi connectivity index (χ0v) is 19.2. The molecule has 0 bridgehead atoms. The number of aromatic nitrogens is 1. The number of carbonyl (C=O) groups is 1. The third-order valence-electron chi connectivity index (χ3n) is 6.53. The molecule has 1 fully saturated rings. The van der Waals surface area contributed by atoms with E-state index < -0.39 is 5.92 Å². The number of carbonyl (C=O) groups excluding carboxylic acids is 1. The third-order valence-corrected chi connectivity index (χ3v) is 6.53. The van der Waals surface area contributed by atoms with Crippen LogP contribution < -0.4 is 4.74 Å². The van der Waals surface area contributed by atoms with E-state index >= 15 is 0 Å². The molecule has 5 nitrogen and oxygen atoms in total. The van der Waals surface area contributed by atoms with Crippen molar-refractivity contribution >= 4 is 16.8 Å². The summed E-state index contributed by atoms with van der Waals surface area (Å²) < 4.78 is 34.8. The summed E-state index contributed by atoms with van der Waals surface area (Å²) in [4.78, 5) is 19.9. The van der Waals surface area contributed by atoms with Gasteiger partial charge in [0.15, 0.2) is 0 Å². The van der Waals surface area contributed by atoms with Crippen LogP contribution in [0.2, 0.25) is 0 Å². The maximum atomic E-state index is 14.8. The Bertz CT molecular complexity index is 1060. The van der Waals surface area contributed by atoms with Gasteiger partial charge in [0.05, 0.1) is 13.7 Å². The van der Waals surface area contributed by atoms with E-state index in [0.29, 0.717) is 43.5 Å². The number of nitrogens with zero attached hydrogens (tertiary/aromatic N) is 2. The first kappa shape index (κ1) is 23.2. The van der Waals surface area contributed by atoms with Crippen LogP contribution in [0.4, 0.5) is 8.78 Å². The Morgan fingerprint density at radius 1 is 1.15 bits per heavy atom. The summed E-state index contributed by atoms with van der Waals surface area (Å²) in [5.41, 5.74) is 1.51. The van der Waals surface area contributed by atoms with Crippen LogP contribution in [-0.2, 0) is 5.92 Å². The average Bonchev–Trinajstić information content (AvgIpc) is 3.27. The number of ether oxygens (including phenoxy) is 1. The van der Waals surface area contributed by atoms with E-state index in [1.165, 1.54) is 19.2 Å². The largest absolute Gasteiger partial charge is 0.497 e. The van der Waals surface area contributed by atoms with E-state index in [-0.39, 0.29) is 18.0 Å². The normalized spacial score (nSPS) is 15.6. The molecule has 0 radical (unpaired) electrons. The van der Waals surface area contributed by atoms with Crippen molar-refractivity contribution in [1.29, 1.82) is 0 Å². The van der Waals surface area contributed by atoms with Gasteiger partial charge in [-0.25, -0.2) is 0 Å². The summed E-state index contributed by atoms with van der Waals surface area (Å²) in [5.74, 6) is -2.21. The summed E-state index contributed by atoms with van der Waals surface area (Å²) in [6, 6.07) is 15.8. The molecule has 3 aromatic rings. The summed E-state index contributed by atoms with van der Waals surface area (Å²) in [6.45, 7) is 4.13. The highest BCUT2D eigenvalue weighted by Gasteiger charge is 2.36. The molecule has 2 aromatic carbocycles. The van der Waals surface area contributed by atoms with E-state index in [1.54, 1.807) is 12.1 Å². The third kappa shape index (κ3) is 5.36. The van der Waals surface area contributed by atoms with Crippen molar-refractivity contribution in [2.24, 2.45) is 5.92 Å². The van der Waals surface area contributed by atoms with E-state index in [1.807, 2.05) is 47.1 Å². The maximum Gasteiger partial charge on any atom is 0.285 e. The molecule has 2 heterocycles. The number of alkyl halides is 2. The van der Waals surface area contributed by atoms with Crippen LogP contribution in [0.3, 0.4) is 0 Å². The lowest BCUT2D eigenvalue weighted by Crippen LogP contribution is -2.44. The first-order valence-electron chi connectivity index (χ1n) is 11.5. The lowest BCUT2D eigenvalue weighted by atomic mass is 9.95. The second-order valence-corrected chi connectivity index (χ2v) is 8.77. The van der Waals surface area contributed by atoms with E-state index in [0.717, 1.165) is 23.7 Å². The Kier molecular flexibility index (Phi) is 6.98. The minimum Gasteiger partial charge on any atom is -0.497 e. The molecular weight excluding hydrogens is 424 g/mol. The molecule has 0 unspecified atom stereocenters. The van der Waals surface area contributed by atoms with Crippen LogP contribution >= 0.6 is 0 Å². The number of aromatic amines is 1. The van der Waals surface area contributed by atoms with Gasteiger partial charge in [0.1, 0.15) is 11.4 Å². The highest BCUT2D eigenvalue weighted by atomic mass is 19.3. The van der Waals surface area contributed by atoms with Crippen LogP contribution in [0.1, 0.15) is 35.8 Å². The van der Waals surface area contributed by atoms with Gasteiger partial charge in [0, 0.05) is 29.6 Å². The molecule has 1 amide bonds. The molecule has 4 rings (SSSR count). The number of piperidine rings is 1. The van der Waals surface area contributed by atoms with Gasteiger partial charge in [0.2, 0.25) is 0 Å². The van der Waals surface area contributed by atoms with Crippen LogP contribution in [-0.4, -0.2) is 60.5 Å². The molecule has 1 aliphatic heterocycles. The predicted octanol–water partition coefficient (Wildman–Crippen LogP) is 5.14. The van der Waals surface area contributed by atoms with E-state index in [4.69, 9.17) is 4.74 Å². The predicted molar refractivity (Wildman–Crippen MR) is 126 cm³/mol. The van der Waals surface area contributed by atoms with Crippen molar-refractivity contribution in [3.8, 4) is 5.75 Å². The van der Waals surface area contributed by atoms with Crippen LogP contribution in [0.15, 0.2) is 54.6 Å². The number of hydrogen-bond donors (Lipinski definition) is 1. The summed E-state index contributed by atoms with van der Waals surface area (Å²) in [7, 11) is 1.48. The van der Waals surface area contributed by atoms with Crippen LogP contribution in [0, 0.1) is 5.92 Å². The molecule has 1 aromatic heterocycles. The van der Waals surface area contributed by atoms with E-state index in [2.05, 4.69) is 4.98 Å². The number of amides is 1. The fourth-order valence-corrected chi connectivity index (χ4v) is 4.58. The Morgan fingerprint density at radius 2 is 1.91 bits per heavy atom. The van der Waals surface area contributed by atoms with Crippen molar-refractivity contribution < 1.29 is 18.3 Å². The van der Waals surface area contributed by atoms with Crippen molar-refractivity contribution in [2.45, 2.75) is 25.7 Å². The fourth-order valence-electron chi connectivity index (χ4n) is 4.58. The van der Waals surface area contributed by atoms with Gasteiger partial charge < -0.3 is 14.6 Å². The van der Waals surface area contributed by atoms with Gasteiger partial charge in [-0.15, -0.1) is 0 Å². The fraction of sp³-hybridized carbons (Fsp3) is 0.423. The molecule has 1 aliphatic rings. The molecule has 1 N–H and O–H groups in total. The van der Waals surface area contributed by atoms with Gasteiger partial charge in [-0.2, -0.15) is 8.78 Å². The summed E-state index contributed by atoms with van der Waals surface area (Å²) in [6.07, 6.45) is 1.59. The number of halogens is 2. The monoisotopic (exact) mass is 455 g/mol. The minimum atomic E-state index is -2.94. The Labute approximate surface area is 193 Å². The highest BCUT2D eigenvalue weighted by molar-refractivity contribution is 5.98. The Morgan fingerprint density at radius 3 is 2.61 bits per heavy atom. The maximum absolute atomic E-state index is 14.8. The number of likely N-dealkylation sites (tertiary alicyclic amines) is 1. The number of benzene rings is 2. The highest BCUT2D eigenvalue weighted by Crippen LogP contribution is 2.32. The van der Waals surface area contributed by atoms with Crippen molar-refractivity contribution in [1.82, 2.24) is 14.8 Å². The van der Waals surface area contributed by atoms with Crippen molar-refractivity contribution in [2.75, 3.05) is 39.8 Å². The van der Waals surface area contributed by atoms with Crippen LogP contribution in [0.25, 0.3) is 10.9 Å². The second-order valence-electron chi connectivity index (χ2n) is 8.77. The summed E-state index contributed by atoms with van der Waals surface area (Å²) >= 11 is 0. The van der Waals surface area contributed by atoms with Gasteiger partial charge in [-0.3, -0.25) is 9.69 Å². The number of H-pyrrole nitrogens is 1. The first-order valence-corrected chi connectivity index (χ1v) is 11.5. The molecular formula is C26H31F2N3O2. The van der Waals surface area contributed by atoms with Gasteiger partial charge in [-0.1, -0.05) is 30.3 Å². The topological polar surface area (TPSA) is 48.6 Å². The number of rotatable bonds is 8. The smallest absolute Gasteiger partial charge is 0.285 e. The zero-order valence-electron chi connectivity index (χ0n) is 19.2. The van der Waals surface area contributed by atoms with Gasteiger partial charge in [-0.05, 0) is 63.0 Å². The zero-order chi connectivity index (χ0) is 23.4. The minimum absolute atomic E-state index is 0.0133. The molecule has 7 heteroatoms. The molecule has 0 saturated carbocycles. The molecule has 0 atom stereocenters. The molecule has 0 aliphatic carbocycles.